The zero-order valence-electron chi connectivity index (χ0n) is 14.1. The number of halogens is 3. The van der Waals surface area contributed by atoms with Crippen LogP contribution in [-0.4, -0.2) is 14.3 Å². The van der Waals surface area contributed by atoms with Crippen LogP contribution in [0.4, 0.5) is 20.2 Å². The van der Waals surface area contributed by atoms with E-state index in [1.54, 1.807) is 24.3 Å². The van der Waals surface area contributed by atoms with Crippen LogP contribution >= 0.6 is 15.9 Å². The van der Waals surface area contributed by atoms with E-state index >= 15 is 0 Å². The van der Waals surface area contributed by atoms with Crippen molar-refractivity contribution in [1.82, 2.24) is 0 Å². The molecule has 0 aliphatic heterocycles. The summed E-state index contributed by atoms with van der Waals surface area (Å²) in [7, 11) is -4.03. The van der Waals surface area contributed by atoms with Gasteiger partial charge in [0.1, 0.15) is 11.6 Å². The van der Waals surface area contributed by atoms with Crippen molar-refractivity contribution < 1.29 is 22.0 Å². The third kappa shape index (κ3) is 4.55. The van der Waals surface area contributed by atoms with Gasteiger partial charge in [-0.15, -0.1) is 0 Å². The van der Waals surface area contributed by atoms with Crippen molar-refractivity contribution >= 4 is 43.2 Å². The van der Waals surface area contributed by atoms with Gasteiger partial charge in [0, 0.05) is 10.2 Å². The standard InChI is InChI=1S/C19H13BrF2N2O3S/c20-12-5-7-13(8-6-12)24-28(26,27)14-9-10-18(17(22)11-14)23-19(25)15-3-1-2-4-16(15)21/h1-11,24H,(H,23,25). The summed E-state index contributed by atoms with van der Waals surface area (Å²) in [6.07, 6.45) is 0. The van der Waals surface area contributed by atoms with Crippen LogP contribution in [0.3, 0.4) is 0 Å². The molecule has 0 spiro atoms. The highest BCUT2D eigenvalue weighted by molar-refractivity contribution is 9.10. The highest BCUT2D eigenvalue weighted by Crippen LogP contribution is 2.23. The molecule has 5 nitrogen and oxygen atoms in total. The van der Waals surface area contributed by atoms with Crippen LogP contribution in [0, 0.1) is 11.6 Å². The maximum Gasteiger partial charge on any atom is 0.261 e. The first-order valence-electron chi connectivity index (χ1n) is 7.90. The Hall–Kier alpha value is -2.78. The molecular weight excluding hydrogens is 454 g/mol. The second kappa shape index (κ2) is 8.07. The highest BCUT2D eigenvalue weighted by Gasteiger charge is 2.18. The Bertz CT molecular complexity index is 1140. The quantitative estimate of drug-likeness (QED) is 0.567. The van der Waals surface area contributed by atoms with E-state index in [-0.39, 0.29) is 16.1 Å². The first-order valence-corrected chi connectivity index (χ1v) is 10.2. The van der Waals surface area contributed by atoms with E-state index in [2.05, 4.69) is 26.0 Å². The fourth-order valence-electron chi connectivity index (χ4n) is 2.33. The normalized spacial score (nSPS) is 11.1. The fourth-order valence-corrected chi connectivity index (χ4v) is 3.67. The van der Waals surface area contributed by atoms with Crippen molar-refractivity contribution in [2.24, 2.45) is 0 Å². The second-order valence-electron chi connectivity index (χ2n) is 5.69. The van der Waals surface area contributed by atoms with E-state index in [0.29, 0.717) is 5.69 Å². The van der Waals surface area contributed by atoms with Gasteiger partial charge in [0.25, 0.3) is 15.9 Å². The molecule has 1 amide bonds. The molecule has 3 aromatic rings. The fraction of sp³-hybridized carbons (Fsp3) is 0. The zero-order chi connectivity index (χ0) is 20.3. The summed E-state index contributed by atoms with van der Waals surface area (Å²) < 4.78 is 55.9. The van der Waals surface area contributed by atoms with Crippen molar-refractivity contribution in [2.75, 3.05) is 10.0 Å². The molecule has 2 N–H and O–H groups in total. The predicted molar refractivity (Wildman–Crippen MR) is 106 cm³/mol. The number of amides is 1. The summed E-state index contributed by atoms with van der Waals surface area (Å²) in [5, 5.41) is 2.23. The Kier molecular flexibility index (Phi) is 5.76. The summed E-state index contributed by atoms with van der Waals surface area (Å²) in [6.45, 7) is 0. The lowest BCUT2D eigenvalue weighted by molar-refractivity contribution is 0.102. The van der Waals surface area contributed by atoms with E-state index in [1.807, 2.05) is 0 Å². The predicted octanol–water partition coefficient (Wildman–Crippen LogP) is 4.78. The van der Waals surface area contributed by atoms with Crippen LogP contribution in [0.15, 0.2) is 76.1 Å². The molecule has 9 heteroatoms. The van der Waals surface area contributed by atoms with Gasteiger partial charge in [0.05, 0.1) is 16.1 Å². The van der Waals surface area contributed by atoms with Gasteiger partial charge in [-0.2, -0.15) is 0 Å². The van der Waals surface area contributed by atoms with E-state index in [0.717, 1.165) is 28.7 Å². The highest BCUT2D eigenvalue weighted by atomic mass is 79.9. The van der Waals surface area contributed by atoms with Gasteiger partial charge in [-0.1, -0.05) is 28.1 Å². The number of carbonyl (C=O) groups excluding carboxylic acids is 1. The van der Waals surface area contributed by atoms with Gasteiger partial charge in [-0.05, 0) is 54.6 Å². The average Bonchev–Trinajstić information content (AvgIpc) is 2.65. The van der Waals surface area contributed by atoms with E-state index in [1.165, 1.54) is 18.2 Å². The van der Waals surface area contributed by atoms with Crippen molar-refractivity contribution in [3.63, 3.8) is 0 Å². The summed E-state index contributed by atoms with van der Waals surface area (Å²) in [4.78, 5) is 11.8. The summed E-state index contributed by atoms with van der Waals surface area (Å²) in [5.74, 6) is -2.57. The van der Waals surface area contributed by atoms with Gasteiger partial charge >= 0.3 is 0 Å². The molecule has 0 aliphatic carbocycles. The van der Waals surface area contributed by atoms with Crippen molar-refractivity contribution in [3.05, 3.63) is 88.4 Å². The molecule has 144 valence electrons. The van der Waals surface area contributed by atoms with Crippen molar-refractivity contribution in [1.29, 1.82) is 0 Å². The average molecular weight is 467 g/mol. The Balaban J connectivity index is 1.80. The third-order valence-electron chi connectivity index (χ3n) is 3.71. The minimum absolute atomic E-state index is 0.254. The van der Waals surface area contributed by atoms with E-state index < -0.39 is 27.6 Å². The van der Waals surface area contributed by atoms with Gasteiger partial charge < -0.3 is 5.32 Å². The van der Waals surface area contributed by atoms with Crippen molar-refractivity contribution in [2.45, 2.75) is 4.90 Å². The van der Waals surface area contributed by atoms with Gasteiger partial charge in [0.15, 0.2) is 0 Å². The molecule has 0 bridgehead atoms. The Morgan fingerprint density at radius 3 is 2.21 bits per heavy atom. The largest absolute Gasteiger partial charge is 0.319 e. The third-order valence-corrected chi connectivity index (χ3v) is 5.62. The number of benzene rings is 3. The first-order chi connectivity index (χ1) is 13.3. The number of sulfonamides is 1. The van der Waals surface area contributed by atoms with Crippen LogP contribution in [0.25, 0.3) is 0 Å². The molecule has 0 atom stereocenters. The Labute approximate surface area is 168 Å². The maximum absolute atomic E-state index is 14.3. The molecule has 0 unspecified atom stereocenters. The number of rotatable bonds is 5. The lowest BCUT2D eigenvalue weighted by Gasteiger charge is -2.11. The molecule has 0 aromatic heterocycles. The van der Waals surface area contributed by atoms with Crippen LogP contribution in [0.2, 0.25) is 0 Å². The van der Waals surface area contributed by atoms with Crippen LogP contribution in [-0.2, 0) is 10.0 Å². The minimum Gasteiger partial charge on any atom is -0.319 e. The zero-order valence-corrected chi connectivity index (χ0v) is 16.5. The molecule has 0 saturated heterocycles. The van der Waals surface area contributed by atoms with Crippen LogP contribution in [0.1, 0.15) is 10.4 Å². The molecular formula is C19H13BrF2N2O3S. The minimum atomic E-state index is -4.03. The molecule has 0 saturated carbocycles. The molecule has 3 rings (SSSR count). The second-order valence-corrected chi connectivity index (χ2v) is 8.29. The molecule has 0 heterocycles. The topological polar surface area (TPSA) is 75.3 Å². The SMILES string of the molecule is O=C(Nc1ccc(S(=O)(=O)Nc2ccc(Br)cc2)cc1F)c1ccccc1F. The number of carbonyl (C=O) groups is 1. The molecule has 0 fully saturated rings. The lowest BCUT2D eigenvalue weighted by Crippen LogP contribution is -2.16. The smallest absolute Gasteiger partial charge is 0.261 e. The number of hydrogen-bond acceptors (Lipinski definition) is 3. The van der Waals surface area contributed by atoms with Gasteiger partial charge in [0.2, 0.25) is 0 Å². The van der Waals surface area contributed by atoms with E-state index in [4.69, 9.17) is 0 Å². The van der Waals surface area contributed by atoms with Crippen molar-refractivity contribution in [3.8, 4) is 0 Å². The summed E-state index contributed by atoms with van der Waals surface area (Å²) in [6, 6.07) is 14.7. The molecule has 0 radical (unpaired) electrons. The van der Waals surface area contributed by atoms with Gasteiger partial charge in [-0.3, -0.25) is 9.52 Å². The number of hydrogen-bond donors (Lipinski definition) is 2. The number of nitrogens with one attached hydrogen (secondary N) is 2. The van der Waals surface area contributed by atoms with Crippen LogP contribution in [0.5, 0.6) is 0 Å². The Morgan fingerprint density at radius 2 is 1.57 bits per heavy atom. The summed E-state index contributed by atoms with van der Waals surface area (Å²) >= 11 is 3.24. The summed E-state index contributed by atoms with van der Waals surface area (Å²) in [5.41, 5.74) is -0.216. The van der Waals surface area contributed by atoms with E-state index in [9.17, 15) is 22.0 Å². The number of anilines is 2. The monoisotopic (exact) mass is 466 g/mol. The van der Waals surface area contributed by atoms with Crippen LogP contribution < -0.4 is 10.0 Å². The molecule has 3 aromatic carbocycles. The lowest BCUT2D eigenvalue weighted by atomic mass is 10.2. The molecule has 28 heavy (non-hydrogen) atoms. The van der Waals surface area contributed by atoms with Gasteiger partial charge in [-0.25, -0.2) is 17.2 Å². The first kappa shape index (κ1) is 20.0. The molecule has 0 aliphatic rings. The maximum atomic E-state index is 14.3. The Morgan fingerprint density at radius 1 is 0.893 bits per heavy atom.